The van der Waals surface area contributed by atoms with E-state index in [0.29, 0.717) is 6.54 Å². The van der Waals surface area contributed by atoms with Gasteiger partial charge in [0.2, 0.25) is 0 Å². The summed E-state index contributed by atoms with van der Waals surface area (Å²) >= 11 is 0. The van der Waals surface area contributed by atoms with Crippen molar-refractivity contribution in [1.29, 1.82) is 0 Å². The molecule has 10 heavy (non-hydrogen) atoms. The van der Waals surface area contributed by atoms with E-state index in [0.717, 1.165) is 0 Å². The zero-order chi connectivity index (χ0) is 7.49. The second-order valence-corrected chi connectivity index (χ2v) is 3.31. The summed E-state index contributed by atoms with van der Waals surface area (Å²) < 4.78 is 0. The average Bonchev–Trinajstić information content (AvgIpc) is 1.59. The van der Waals surface area contributed by atoms with Crippen molar-refractivity contribution in [3.8, 4) is 0 Å². The molecular formula is C7H16ClNO. The number of carbonyl (C=O) groups is 1. The third-order valence-electron chi connectivity index (χ3n) is 0.868. The number of halogens is 1. The molecule has 62 valence electrons. The van der Waals surface area contributed by atoms with Gasteiger partial charge in [-0.05, 0) is 27.7 Å². The first-order valence-corrected chi connectivity index (χ1v) is 3.16. The molecule has 0 saturated heterocycles. The predicted octanol–water partition coefficient (Wildman–Crippen LogP) is 1.39. The predicted molar refractivity (Wildman–Crippen MR) is 45.7 cm³/mol. The van der Waals surface area contributed by atoms with E-state index >= 15 is 0 Å². The fourth-order valence-electron chi connectivity index (χ4n) is 0.390. The van der Waals surface area contributed by atoms with Crippen LogP contribution in [0.5, 0.6) is 0 Å². The molecule has 0 aromatic heterocycles. The highest BCUT2D eigenvalue weighted by Crippen LogP contribution is 1.96. The van der Waals surface area contributed by atoms with E-state index in [-0.39, 0.29) is 23.7 Å². The molecule has 0 radical (unpaired) electrons. The first-order valence-electron chi connectivity index (χ1n) is 3.16. The fraction of sp³-hybridized carbons (Fsp3) is 0.857. The molecule has 0 aromatic rings. The molecule has 0 atom stereocenters. The molecule has 0 rings (SSSR count). The molecular weight excluding hydrogens is 150 g/mol. The zero-order valence-corrected chi connectivity index (χ0v) is 7.84. The Labute approximate surface area is 68.8 Å². The lowest BCUT2D eigenvalue weighted by atomic mass is 10.1. The van der Waals surface area contributed by atoms with Crippen molar-refractivity contribution >= 4 is 18.2 Å². The number of Topliss-reactive ketones (excluding diaryl/α,β-unsaturated/α-hetero) is 1. The summed E-state index contributed by atoms with van der Waals surface area (Å²) in [5.74, 6) is 0.185. The molecule has 0 bridgehead atoms. The van der Waals surface area contributed by atoms with Crippen LogP contribution in [0.4, 0.5) is 0 Å². The summed E-state index contributed by atoms with van der Waals surface area (Å²) in [4.78, 5) is 10.4. The monoisotopic (exact) mass is 165 g/mol. The van der Waals surface area contributed by atoms with Gasteiger partial charge in [-0.3, -0.25) is 4.79 Å². The summed E-state index contributed by atoms with van der Waals surface area (Å²) in [5, 5.41) is 3.07. The highest BCUT2D eigenvalue weighted by atomic mass is 35.5. The van der Waals surface area contributed by atoms with Crippen LogP contribution in [-0.4, -0.2) is 17.9 Å². The van der Waals surface area contributed by atoms with Crippen LogP contribution in [-0.2, 0) is 4.79 Å². The normalized spacial score (nSPS) is 10.4. The first-order chi connectivity index (χ1) is 3.92. The third kappa shape index (κ3) is 10.8. The van der Waals surface area contributed by atoms with Gasteiger partial charge in [0.1, 0.15) is 5.78 Å². The van der Waals surface area contributed by atoms with Crippen molar-refractivity contribution in [3.63, 3.8) is 0 Å². The molecule has 3 heteroatoms. The van der Waals surface area contributed by atoms with Crippen LogP contribution in [0.15, 0.2) is 0 Å². The maximum atomic E-state index is 10.4. The number of hydrogen-bond acceptors (Lipinski definition) is 2. The van der Waals surface area contributed by atoms with E-state index < -0.39 is 0 Å². The SMILES string of the molecule is CC(=O)CNC(C)(C)C.Cl. The maximum Gasteiger partial charge on any atom is 0.143 e. The maximum absolute atomic E-state index is 10.4. The van der Waals surface area contributed by atoms with Gasteiger partial charge in [-0.15, -0.1) is 12.4 Å². The van der Waals surface area contributed by atoms with Crippen molar-refractivity contribution in [2.75, 3.05) is 6.54 Å². The molecule has 0 unspecified atom stereocenters. The number of nitrogens with one attached hydrogen (secondary N) is 1. The number of rotatable bonds is 2. The Morgan fingerprint density at radius 1 is 1.40 bits per heavy atom. The van der Waals surface area contributed by atoms with Gasteiger partial charge in [0, 0.05) is 5.54 Å². The van der Waals surface area contributed by atoms with Gasteiger partial charge in [-0.1, -0.05) is 0 Å². The highest BCUT2D eigenvalue weighted by molar-refractivity contribution is 5.85. The van der Waals surface area contributed by atoms with Crippen molar-refractivity contribution in [2.45, 2.75) is 33.2 Å². The standard InChI is InChI=1S/C7H15NO.ClH/c1-6(9)5-8-7(2,3)4;/h8H,5H2,1-4H3;1H. The van der Waals surface area contributed by atoms with Gasteiger partial charge >= 0.3 is 0 Å². The van der Waals surface area contributed by atoms with E-state index in [1.807, 2.05) is 20.8 Å². The Hall–Kier alpha value is -0.0800. The van der Waals surface area contributed by atoms with Gasteiger partial charge in [0.15, 0.2) is 0 Å². The Morgan fingerprint density at radius 3 is 1.90 bits per heavy atom. The number of hydrogen-bond donors (Lipinski definition) is 1. The highest BCUT2D eigenvalue weighted by Gasteiger charge is 2.08. The smallest absolute Gasteiger partial charge is 0.143 e. The molecule has 0 amide bonds. The minimum absolute atomic E-state index is 0. The summed E-state index contributed by atoms with van der Waals surface area (Å²) in [6, 6.07) is 0. The summed E-state index contributed by atoms with van der Waals surface area (Å²) in [7, 11) is 0. The number of carbonyl (C=O) groups excluding carboxylic acids is 1. The molecule has 0 aliphatic heterocycles. The van der Waals surface area contributed by atoms with Gasteiger partial charge in [-0.2, -0.15) is 0 Å². The average molecular weight is 166 g/mol. The van der Waals surface area contributed by atoms with Crippen molar-refractivity contribution in [1.82, 2.24) is 5.32 Å². The molecule has 2 nitrogen and oxygen atoms in total. The molecule has 0 saturated carbocycles. The summed E-state index contributed by atoms with van der Waals surface area (Å²) in [6.07, 6.45) is 0. The molecule has 0 aliphatic carbocycles. The van der Waals surface area contributed by atoms with Crippen LogP contribution < -0.4 is 5.32 Å². The second kappa shape index (κ2) is 4.69. The summed E-state index contributed by atoms with van der Waals surface area (Å²) in [6.45, 7) is 8.17. The minimum atomic E-state index is 0. The lowest BCUT2D eigenvalue weighted by Crippen LogP contribution is -2.38. The van der Waals surface area contributed by atoms with Gasteiger partial charge < -0.3 is 5.32 Å². The quantitative estimate of drug-likeness (QED) is 0.670. The van der Waals surface area contributed by atoms with Crippen molar-refractivity contribution in [3.05, 3.63) is 0 Å². The van der Waals surface area contributed by atoms with E-state index in [2.05, 4.69) is 5.32 Å². The molecule has 0 aliphatic rings. The van der Waals surface area contributed by atoms with Crippen LogP contribution in [0, 0.1) is 0 Å². The lowest BCUT2D eigenvalue weighted by molar-refractivity contribution is -0.116. The molecule has 0 heterocycles. The van der Waals surface area contributed by atoms with Crippen LogP contribution in [0.25, 0.3) is 0 Å². The van der Waals surface area contributed by atoms with E-state index in [9.17, 15) is 4.79 Å². The Kier molecular flexibility index (Phi) is 5.90. The third-order valence-corrected chi connectivity index (χ3v) is 0.868. The largest absolute Gasteiger partial charge is 0.305 e. The van der Waals surface area contributed by atoms with Gasteiger partial charge in [0.25, 0.3) is 0 Å². The van der Waals surface area contributed by atoms with Crippen LogP contribution in [0.1, 0.15) is 27.7 Å². The zero-order valence-electron chi connectivity index (χ0n) is 7.02. The second-order valence-electron chi connectivity index (χ2n) is 3.31. The van der Waals surface area contributed by atoms with Crippen molar-refractivity contribution in [2.24, 2.45) is 0 Å². The molecule has 1 N–H and O–H groups in total. The van der Waals surface area contributed by atoms with Crippen LogP contribution in [0.3, 0.4) is 0 Å². The van der Waals surface area contributed by atoms with E-state index in [4.69, 9.17) is 0 Å². The Bertz CT molecular complexity index is 107. The van der Waals surface area contributed by atoms with E-state index in [1.54, 1.807) is 6.92 Å². The van der Waals surface area contributed by atoms with Crippen LogP contribution in [0.2, 0.25) is 0 Å². The van der Waals surface area contributed by atoms with Crippen LogP contribution >= 0.6 is 12.4 Å². The van der Waals surface area contributed by atoms with Gasteiger partial charge in [-0.25, -0.2) is 0 Å². The van der Waals surface area contributed by atoms with Gasteiger partial charge in [0.05, 0.1) is 6.54 Å². The Morgan fingerprint density at radius 2 is 1.80 bits per heavy atom. The lowest BCUT2D eigenvalue weighted by Gasteiger charge is -2.18. The first kappa shape index (κ1) is 12.6. The number of ketones is 1. The minimum Gasteiger partial charge on any atom is -0.305 e. The Balaban J connectivity index is 0. The topological polar surface area (TPSA) is 29.1 Å². The summed E-state index contributed by atoms with van der Waals surface area (Å²) in [5.41, 5.74) is 0.0612. The fourth-order valence-corrected chi connectivity index (χ4v) is 0.390. The molecule has 0 fully saturated rings. The van der Waals surface area contributed by atoms with Crippen molar-refractivity contribution < 1.29 is 4.79 Å². The molecule has 0 spiro atoms. The molecule has 0 aromatic carbocycles. The van der Waals surface area contributed by atoms with E-state index in [1.165, 1.54) is 0 Å².